The summed E-state index contributed by atoms with van der Waals surface area (Å²) >= 11 is 1.85. The molecule has 0 bridgehead atoms. The summed E-state index contributed by atoms with van der Waals surface area (Å²) in [4.78, 5) is 7.61. The average molecular weight is 459 g/mol. The van der Waals surface area contributed by atoms with E-state index in [4.69, 9.17) is 9.15 Å². The fraction of sp³-hybridized carbons (Fsp3) is 0.538. The number of aryl methyl sites for hydroxylation is 1. The molecule has 3 heterocycles. The molecule has 0 saturated carbocycles. The van der Waals surface area contributed by atoms with Crippen molar-refractivity contribution >= 4 is 11.3 Å². The Balaban J connectivity index is 1.69. The third-order valence-electron chi connectivity index (χ3n) is 6.04. The predicted octanol–water partition coefficient (Wildman–Crippen LogP) is 5.10. The number of nitrogens with zero attached hydrogens (tertiary/aromatic N) is 2. The Morgan fingerprint density at radius 3 is 2.44 bits per heavy atom. The Kier molecular flexibility index (Phi) is 9.75. The zero-order valence-electron chi connectivity index (χ0n) is 19.4. The minimum Gasteiger partial charge on any atom is -0.462 e. The number of thiophene rings is 1. The first-order valence-corrected chi connectivity index (χ1v) is 12.4. The van der Waals surface area contributed by atoms with E-state index in [1.54, 1.807) is 0 Å². The van der Waals surface area contributed by atoms with Gasteiger partial charge in [-0.2, -0.15) is 0 Å². The Hall–Kier alpha value is -1.70. The molecule has 1 saturated heterocycles. The molecular formula is C26H38N2O3S. The summed E-state index contributed by atoms with van der Waals surface area (Å²) in [7, 11) is 0. The van der Waals surface area contributed by atoms with Crippen molar-refractivity contribution in [1.82, 2.24) is 9.80 Å². The molecule has 1 aliphatic rings. The van der Waals surface area contributed by atoms with E-state index >= 15 is 0 Å². The van der Waals surface area contributed by atoms with Gasteiger partial charge < -0.3 is 14.3 Å². The van der Waals surface area contributed by atoms with Gasteiger partial charge in [0.25, 0.3) is 0 Å². The average Bonchev–Trinajstić information content (AvgIpc) is 3.44. The van der Waals surface area contributed by atoms with Gasteiger partial charge in [-0.1, -0.05) is 12.2 Å². The topological polar surface area (TPSA) is 49.1 Å². The first kappa shape index (κ1) is 24.9. The molecule has 0 atom stereocenters. The molecule has 0 spiro atoms. The number of allylic oxidation sites excluding steroid dienone is 2. The highest BCUT2D eigenvalue weighted by Gasteiger charge is 2.31. The van der Waals surface area contributed by atoms with E-state index in [0.29, 0.717) is 18.6 Å². The van der Waals surface area contributed by atoms with E-state index < -0.39 is 5.60 Å². The minimum absolute atomic E-state index is 0.604. The maximum Gasteiger partial charge on any atom is 0.135 e. The van der Waals surface area contributed by atoms with Crippen LogP contribution in [0.5, 0.6) is 0 Å². The van der Waals surface area contributed by atoms with Crippen LogP contribution in [0, 0.1) is 6.92 Å². The summed E-state index contributed by atoms with van der Waals surface area (Å²) < 4.78 is 11.7. The van der Waals surface area contributed by atoms with Crippen LogP contribution < -0.4 is 0 Å². The van der Waals surface area contributed by atoms with Crippen LogP contribution in [0.15, 0.2) is 54.0 Å². The van der Waals surface area contributed by atoms with Crippen molar-refractivity contribution in [3.8, 4) is 0 Å². The Labute approximate surface area is 197 Å². The molecule has 5 nitrogen and oxygen atoms in total. The highest BCUT2D eigenvalue weighted by atomic mass is 32.1. The number of aliphatic hydroxyl groups is 1. The first-order chi connectivity index (χ1) is 15.5. The summed E-state index contributed by atoms with van der Waals surface area (Å²) in [5, 5.41) is 11.3. The molecule has 0 aliphatic carbocycles. The molecular weight excluding hydrogens is 420 g/mol. The number of hydrogen-bond acceptors (Lipinski definition) is 6. The quantitative estimate of drug-likeness (QED) is 0.399. The Morgan fingerprint density at radius 2 is 1.81 bits per heavy atom. The molecule has 0 unspecified atom stereocenters. The summed E-state index contributed by atoms with van der Waals surface area (Å²) in [5.41, 5.74) is -0.982. The molecule has 2 aromatic rings. The van der Waals surface area contributed by atoms with Crippen LogP contribution in [-0.2, 0) is 23.4 Å². The van der Waals surface area contributed by atoms with E-state index in [1.165, 1.54) is 9.75 Å². The molecule has 1 fully saturated rings. The molecule has 0 amide bonds. The number of rotatable bonds is 14. The summed E-state index contributed by atoms with van der Waals surface area (Å²) in [6.07, 6.45) is 6.39. The molecule has 3 rings (SSSR count). The second-order valence-electron chi connectivity index (χ2n) is 8.63. The van der Waals surface area contributed by atoms with Crippen molar-refractivity contribution in [2.75, 3.05) is 39.4 Å². The fourth-order valence-electron chi connectivity index (χ4n) is 4.10. The zero-order chi connectivity index (χ0) is 22.8. The summed E-state index contributed by atoms with van der Waals surface area (Å²) in [6, 6.07) is 8.36. The maximum absolute atomic E-state index is 11.3. The van der Waals surface area contributed by atoms with Crippen molar-refractivity contribution in [2.24, 2.45) is 0 Å². The molecule has 176 valence electrons. The standard InChI is InChI=1S/C26H38N2O3S/c1-4-6-12-26(29,13-7-5-2)25-11-9-23(31-25)20-28(21-24-10-8-22(3)32-24)15-14-27-16-18-30-19-17-27/h4-5,8-11,29H,1-2,6-7,12-21H2,3H3. The Morgan fingerprint density at radius 1 is 1.09 bits per heavy atom. The molecule has 2 aromatic heterocycles. The molecule has 1 aliphatic heterocycles. The van der Waals surface area contributed by atoms with Gasteiger partial charge in [-0.25, -0.2) is 0 Å². The van der Waals surface area contributed by atoms with Gasteiger partial charge in [0, 0.05) is 42.5 Å². The molecule has 32 heavy (non-hydrogen) atoms. The highest BCUT2D eigenvalue weighted by molar-refractivity contribution is 7.11. The summed E-state index contributed by atoms with van der Waals surface area (Å²) in [5.74, 6) is 1.54. The lowest BCUT2D eigenvalue weighted by Crippen LogP contribution is -2.41. The van der Waals surface area contributed by atoms with Crippen molar-refractivity contribution in [2.45, 2.75) is 51.3 Å². The number of ether oxygens (including phenoxy) is 1. The van der Waals surface area contributed by atoms with Gasteiger partial charge >= 0.3 is 0 Å². The number of hydrogen-bond donors (Lipinski definition) is 1. The van der Waals surface area contributed by atoms with E-state index in [0.717, 1.165) is 71.1 Å². The number of furan rings is 1. The predicted molar refractivity (Wildman–Crippen MR) is 132 cm³/mol. The van der Waals surface area contributed by atoms with Gasteiger partial charge in [0.2, 0.25) is 0 Å². The van der Waals surface area contributed by atoms with Crippen LogP contribution in [0.2, 0.25) is 0 Å². The maximum atomic E-state index is 11.3. The van der Waals surface area contributed by atoms with Crippen molar-refractivity contribution < 1.29 is 14.3 Å². The SMILES string of the molecule is C=CCCC(O)(CCC=C)c1ccc(CN(CCN2CCOCC2)Cc2ccc(C)s2)o1. The lowest BCUT2D eigenvalue weighted by molar-refractivity contribution is -0.00232. The van der Waals surface area contributed by atoms with Crippen molar-refractivity contribution in [1.29, 1.82) is 0 Å². The lowest BCUT2D eigenvalue weighted by Gasteiger charge is -2.29. The van der Waals surface area contributed by atoms with E-state index in [1.807, 2.05) is 35.6 Å². The third kappa shape index (κ3) is 7.42. The second-order valence-corrected chi connectivity index (χ2v) is 10.0. The van der Waals surface area contributed by atoms with Crippen LogP contribution in [-0.4, -0.2) is 54.3 Å². The summed E-state index contributed by atoms with van der Waals surface area (Å²) in [6.45, 7) is 17.0. The van der Waals surface area contributed by atoms with Gasteiger partial charge in [0.1, 0.15) is 17.1 Å². The zero-order valence-corrected chi connectivity index (χ0v) is 20.2. The van der Waals surface area contributed by atoms with Gasteiger partial charge in [-0.3, -0.25) is 9.80 Å². The fourth-order valence-corrected chi connectivity index (χ4v) is 5.03. The van der Waals surface area contributed by atoms with Crippen LogP contribution in [0.3, 0.4) is 0 Å². The van der Waals surface area contributed by atoms with Crippen molar-refractivity contribution in [3.05, 3.63) is 70.9 Å². The first-order valence-electron chi connectivity index (χ1n) is 11.6. The Bertz CT molecular complexity index is 826. The lowest BCUT2D eigenvalue weighted by atomic mass is 9.89. The van der Waals surface area contributed by atoms with E-state index in [9.17, 15) is 5.11 Å². The molecule has 0 aromatic carbocycles. The minimum atomic E-state index is -0.982. The van der Waals surface area contributed by atoms with Crippen LogP contribution in [0.25, 0.3) is 0 Å². The van der Waals surface area contributed by atoms with Gasteiger partial charge in [0.05, 0.1) is 19.8 Å². The van der Waals surface area contributed by atoms with Gasteiger partial charge in [-0.05, 0) is 56.9 Å². The van der Waals surface area contributed by atoms with Crippen LogP contribution in [0.4, 0.5) is 0 Å². The van der Waals surface area contributed by atoms with Crippen molar-refractivity contribution in [3.63, 3.8) is 0 Å². The third-order valence-corrected chi connectivity index (χ3v) is 7.02. The van der Waals surface area contributed by atoms with E-state index in [2.05, 4.69) is 42.0 Å². The molecule has 1 N–H and O–H groups in total. The second kappa shape index (κ2) is 12.5. The molecule has 6 heteroatoms. The highest BCUT2D eigenvalue weighted by Crippen LogP contribution is 2.33. The van der Waals surface area contributed by atoms with Crippen LogP contribution >= 0.6 is 11.3 Å². The smallest absolute Gasteiger partial charge is 0.135 e. The monoisotopic (exact) mass is 458 g/mol. The van der Waals surface area contributed by atoms with E-state index in [-0.39, 0.29) is 0 Å². The number of morpholine rings is 1. The largest absolute Gasteiger partial charge is 0.462 e. The normalized spacial score (nSPS) is 15.3. The van der Waals surface area contributed by atoms with Gasteiger partial charge in [0.15, 0.2) is 0 Å². The van der Waals surface area contributed by atoms with Gasteiger partial charge in [-0.15, -0.1) is 24.5 Å². The molecule has 0 radical (unpaired) electrons. The van der Waals surface area contributed by atoms with Crippen LogP contribution in [0.1, 0.15) is 47.0 Å².